The van der Waals surface area contributed by atoms with Crippen LogP contribution in [0.2, 0.25) is 0 Å². The molecule has 0 aromatic heterocycles. The van der Waals surface area contributed by atoms with Crippen LogP contribution in [0.25, 0.3) is 0 Å². The largest absolute Gasteiger partial charge is 0.386 e. The van der Waals surface area contributed by atoms with Crippen LogP contribution in [0.1, 0.15) is 34.5 Å². The Balaban J connectivity index is 2.07. The van der Waals surface area contributed by atoms with Crippen molar-refractivity contribution in [2.24, 2.45) is 0 Å². The lowest BCUT2D eigenvalue weighted by atomic mass is 10.0. The van der Waals surface area contributed by atoms with E-state index in [9.17, 15) is 9.90 Å². The lowest BCUT2D eigenvalue weighted by molar-refractivity contribution is 0.0851. The van der Waals surface area contributed by atoms with Crippen LogP contribution < -0.4 is 5.32 Å². The maximum atomic E-state index is 12.2. The van der Waals surface area contributed by atoms with Crippen molar-refractivity contribution in [3.8, 4) is 0 Å². The summed E-state index contributed by atoms with van der Waals surface area (Å²) in [4.78, 5) is 12.2. The molecule has 2 atom stereocenters. The minimum Gasteiger partial charge on any atom is -0.386 e. The number of carbonyl (C=O) groups excluding carboxylic acids is 1. The fraction of sp³-hybridized carbons (Fsp3) is 0.235. The molecule has 0 bridgehead atoms. The Bertz CT molecular complexity index is 581. The molecule has 0 heterocycles. The Morgan fingerprint density at radius 2 is 1.65 bits per heavy atom. The topological polar surface area (TPSA) is 49.3 Å². The van der Waals surface area contributed by atoms with Gasteiger partial charge >= 0.3 is 0 Å². The number of benzene rings is 2. The van der Waals surface area contributed by atoms with Crippen molar-refractivity contribution < 1.29 is 9.90 Å². The molecule has 2 aromatic carbocycles. The zero-order valence-corrected chi connectivity index (χ0v) is 11.7. The van der Waals surface area contributed by atoms with Gasteiger partial charge in [0.15, 0.2) is 0 Å². The molecule has 104 valence electrons. The van der Waals surface area contributed by atoms with Gasteiger partial charge in [-0.15, -0.1) is 0 Å². The maximum absolute atomic E-state index is 12.2. The predicted molar refractivity (Wildman–Crippen MR) is 79.5 cm³/mol. The molecule has 2 rings (SSSR count). The molecule has 0 radical (unpaired) electrons. The van der Waals surface area contributed by atoms with E-state index < -0.39 is 6.10 Å². The number of amides is 1. The van der Waals surface area contributed by atoms with Gasteiger partial charge in [-0.05, 0) is 31.0 Å². The monoisotopic (exact) mass is 269 g/mol. The molecule has 0 aliphatic rings. The van der Waals surface area contributed by atoms with E-state index in [1.54, 1.807) is 13.0 Å². The van der Waals surface area contributed by atoms with E-state index >= 15 is 0 Å². The number of rotatable bonds is 4. The molecule has 0 saturated carbocycles. The molecule has 0 saturated heterocycles. The van der Waals surface area contributed by atoms with Crippen molar-refractivity contribution in [1.29, 1.82) is 0 Å². The van der Waals surface area contributed by atoms with E-state index in [4.69, 9.17) is 0 Å². The summed E-state index contributed by atoms with van der Waals surface area (Å²) in [6, 6.07) is 16.4. The first kappa shape index (κ1) is 14.3. The number of hydrogen-bond acceptors (Lipinski definition) is 2. The van der Waals surface area contributed by atoms with Gasteiger partial charge in [-0.1, -0.05) is 48.5 Å². The number of aliphatic hydroxyl groups is 1. The number of nitrogens with one attached hydrogen (secondary N) is 1. The second-order valence-electron chi connectivity index (χ2n) is 4.93. The van der Waals surface area contributed by atoms with E-state index in [0.29, 0.717) is 5.56 Å². The molecule has 2 N–H and O–H groups in total. The Hall–Kier alpha value is -2.13. The van der Waals surface area contributed by atoms with Crippen LogP contribution in [0.4, 0.5) is 0 Å². The summed E-state index contributed by atoms with van der Waals surface area (Å²) in [7, 11) is 0. The molecule has 2 aromatic rings. The quantitative estimate of drug-likeness (QED) is 0.896. The third kappa shape index (κ3) is 3.25. The van der Waals surface area contributed by atoms with Crippen LogP contribution >= 0.6 is 0 Å². The Labute approximate surface area is 119 Å². The number of hydrogen-bond donors (Lipinski definition) is 2. The normalized spacial score (nSPS) is 13.6. The zero-order valence-electron chi connectivity index (χ0n) is 11.7. The Morgan fingerprint density at radius 1 is 1.05 bits per heavy atom. The molecule has 0 fully saturated rings. The summed E-state index contributed by atoms with van der Waals surface area (Å²) in [5.74, 6) is -0.161. The molecule has 0 aliphatic carbocycles. The molecular formula is C17H19NO2. The number of aliphatic hydroxyl groups excluding tert-OH is 1. The summed E-state index contributed by atoms with van der Waals surface area (Å²) in [5.41, 5.74) is 2.36. The predicted octanol–water partition coefficient (Wildman–Crippen LogP) is 2.85. The van der Waals surface area contributed by atoms with Crippen LogP contribution in [-0.2, 0) is 0 Å². The first-order valence-corrected chi connectivity index (χ1v) is 6.69. The lowest BCUT2D eigenvalue weighted by Gasteiger charge is -2.21. The van der Waals surface area contributed by atoms with E-state index in [1.807, 2.05) is 55.5 Å². The molecule has 0 spiro atoms. The van der Waals surface area contributed by atoms with Gasteiger partial charge in [0.05, 0.1) is 12.1 Å². The smallest absolute Gasteiger partial charge is 0.251 e. The summed E-state index contributed by atoms with van der Waals surface area (Å²) >= 11 is 0. The summed E-state index contributed by atoms with van der Waals surface area (Å²) in [6.45, 7) is 3.70. The van der Waals surface area contributed by atoms with E-state index in [1.165, 1.54) is 0 Å². The molecule has 0 aliphatic heterocycles. The minimum atomic E-state index is -0.718. The molecule has 0 unspecified atom stereocenters. The van der Waals surface area contributed by atoms with Crippen LogP contribution in [0.3, 0.4) is 0 Å². The molecule has 1 amide bonds. The Kier molecular flexibility index (Phi) is 4.53. The number of aryl methyl sites for hydroxylation is 1. The van der Waals surface area contributed by atoms with E-state index in [0.717, 1.165) is 11.1 Å². The summed E-state index contributed by atoms with van der Waals surface area (Å²) < 4.78 is 0. The van der Waals surface area contributed by atoms with E-state index in [-0.39, 0.29) is 11.9 Å². The first-order valence-electron chi connectivity index (χ1n) is 6.69. The molecule has 20 heavy (non-hydrogen) atoms. The molecule has 3 nitrogen and oxygen atoms in total. The van der Waals surface area contributed by atoms with Crippen molar-refractivity contribution in [2.45, 2.75) is 26.0 Å². The Morgan fingerprint density at radius 3 is 2.30 bits per heavy atom. The van der Waals surface area contributed by atoms with E-state index in [2.05, 4.69) is 5.32 Å². The third-order valence-electron chi connectivity index (χ3n) is 3.36. The van der Waals surface area contributed by atoms with Crippen molar-refractivity contribution in [2.75, 3.05) is 0 Å². The third-order valence-corrected chi connectivity index (χ3v) is 3.36. The SMILES string of the molecule is Cc1ccccc1C(=O)N[C@H](C)[C@@H](O)c1ccccc1. The lowest BCUT2D eigenvalue weighted by Crippen LogP contribution is -2.37. The van der Waals surface area contributed by atoms with Gasteiger partial charge in [0.2, 0.25) is 0 Å². The highest BCUT2D eigenvalue weighted by Gasteiger charge is 2.19. The second kappa shape index (κ2) is 6.35. The molecule has 3 heteroatoms. The van der Waals surface area contributed by atoms with Gasteiger partial charge in [0.1, 0.15) is 0 Å². The maximum Gasteiger partial charge on any atom is 0.251 e. The average Bonchev–Trinajstić information content (AvgIpc) is 2.47. The summed E-state index contributed by atoms with van der Waals surface area (Å²) in [6.07, 6.45) is -0.718. The van der Waals surface area contributed by atoms with Crippen molar-refractivity contribution in [3.05, 3.63) is 71.3 Å². The summed E-state index contributed by atoms with van der Waals surface area (Å²) in [5, 5.41) is 13.1. The highest BCUT2D eigenvalue weighted by molar-refractivity contribution is 5.95. The van der Waals surface area contributed by atoms with Crippen LogP contribution in [-0.4, -0.2) is 17.1 Å². The average molecular weight is 269 g/mol. The zero-order chi connectivity index (χ0) is 14.5. The van der Waals surface area contributed by atoms with Gasteiger partial charge in [0, 0.05) is 5.56 Å². The van der Waals surface area contributed by atoms with Crippen molar-refractivity contribution in [3.63, 3.8) is 0 Å². The first-order chi connectivity index (χ1) is 9.59. The van der Waals surface area contributed by atoms with Gasteiger partial charge in [0.25, 0.3) is 5.91 Å². The fourth-order valence-electron chi connectivity index (χ4n) is 2.13. The minimum absolute atomic E-state index is 0.161. The standard InChI is InChI=1S/C17H19NO2/c1-12-8-6-7-11-15(12)17(20)18-13(2)16(19)14-9-4-3-5-10-14/h3-11,13,16,19H,1-2H3,(H,18,20)/t13-,16-/m1/s1. The van der Waals surface area contributed by atoms with Crippen LogP contribution in [0, 0.1) is 6.92 Å². The van der Waals surface area contributed by atoms with Crippen LogP contribution in [0.5, 0.6) is 0 Å². The van der Waals surface area contributed by atoms with Gasteiger partial charge < -0.3 is 10.4 Å². The fourth-order valence-corrected chi connectivity index (χ4v) is 2.13. The van der Waals surface area contributed by atoms with Gasteiger partial charge in [-0.3, -0.25) is 4.79 Å². The second-order valence-corrected chi connectivity index (χ2v) is 4.93. The number of carbonyl (C=O) groups is 1. The van der Waals surface area contributed by atoms with Crippen molar-refractivity contribution >= 4 is 5.91 Å². The van der Waals surface area contributed by atoms with Crippen LogP contribution in [0.15, 0.2) is 54.6 Å². The highest BCUT2D eigenvalue weighted by atomic mass is 16.3. The highest BCUT2D eigenvalue weighted by Crippen LogP contribution is 2.17. The van der Waals surface area contributed by atoms with Crippen molar-refractivity contribution in [1.82, 2.24) is 5.32 Å². The van der Waals surface area contributed by atoms with Gasteiger partial charge in [-0.25, -0.2) is 0 Å². The molecular weight excluding hydrogens is 250 g/mol. The van der Waals surface area contributed by atoms with Gasteiger partial charge in [-0.2, -0.15) is 0 Å².